The topological polar surface area (TPSA) is 46.3 Å². The van der Waals surface area contributed by atoms with E-state index in [0.29, 0.717) is 23.1 Å². The van der Waals surface area contributed by atoms with E-state index in [0.717, 1.165) is 25.9 Å². The van der Waals surface area contributed by atoms with Gasteiger partial charge in [0.15, 0.2) is 0 Å². The summed E-state index contributed by atoms with van der Waals surface area (Å²) in [5.74, 6) is 1.82. The molecule has 1 fully saturated rings. The van der Waals surface area contributed by atoms with E-state index < -0.39 is 0 Å². The molecule has 1 saturated heterocycles. The quantitative estimate of drug-likeness (QED) is 0.781. The van der Waals surface area contributed by atoms with Crippen molar-refractivity contribution in [1.29, 1.82) is 0 Å². The van der Waals surface area contributed by atoms with Crippen molar-refractivity contribution in [3.05, 3.63) is 17.5 Å². The number of amides is 1. The van der Waals surface area contributed by atoms with Crippen molar-refractivity contribution in [2.45, 2.75) is 26.2 Å². The Balaban J connectivity index is 2.02. The molecule has 1 amide bonds. The first kappa shape index (κ1) is 12.4. The number of rotatable bonds is 3. The Morgan fingerprint density at radius 2 is 2.53 bits per heavy atom. The molecule has 17 heavy (non-hydrogen) atoms. The number of carbonyl (C=O) groups excluding carboxylic acids is 1. The number of carbonyl (C=O) groups is 1. The molecule has 1 aliphatic rings. The predicted molar refractivity (Wildman–Crippen MR) is 65.2 cm³/mol. The highest BCUT2D eigenvalue weighted by atomic mass is 35.5. The summed E-state index contributed by atoms with van der Waals surface area (Å²) in [6, 6.07) is 0. The monoisotopic (exact) mass is 256 g/mol. The SMILES string of the molecule is Cc1oncc1C(=O)N1CCCC(CCCl)C1. The summed E-state index contributed by atoms with van der Waals surface area (Å²) in [5, 5.41) is 3.65. The summed E-state index contributed by atoms with van der Waals surface area (Å²) in [6.45, 7) is 3.39. The highest BCUT2D eigenvalue weighted by molar-refractivity contribution is 6.17. The third-order valence-corrected chi connectivity index (χ3v) is 3.52. The molecule has 0 radical (unpaired) electrons. The molecule has 1 unspecified atom stereocenters. The number of likely N-dealkylation sites (tertiary alicyclic amines) is 1. The minimum absolute atomic E-state index is 0.0306. The fourth-order valence-electron chi connectivity index (χ4n) is 2.31. The van der Waals surface area contributed by atoms with Crippen LogP contribution in [-0.2, 0) is 0 Å². The van der Waals surface area contributed by atoms with Gasteiger partial charge in [-0.25, -0.2) is 0 Å². The Kier molecular flexibility index (Phi) is 4.05. The lowest BCUT2D eigenvalue weighted by Gasteiger charge is -2.32. The molecule has 0 spiro atoms. The maximum absolute atomic E-state index is 12.2. The van der Waals surface area contributed by atoms with Crippen molar-refractivity contribution in [3.63, 3.8) is 0 Å². The fraction of sp³-hybridized carbons (Fsp3) is 0.667. The molecule has 0 aromatic carbocycles. The van der Waals surface area contributed by atoms with Crippen molar-refractivity contribution >= 4 is 17.5 Å². The Morgan fingerprint density at radius 3 is 3.18 bits per heavy atom. The molecule has 0 aliphatic carbocycles. The molecule has 1 aliphatic heterocycles. The smallest absolute Gasteiger partial charge is 0.259 e. The lowest BCUT2D eigenvalue weighted by molar-refractivity contribution is 0.0670. The summed E-state index contributed by atoms with van der Waals surface area (Å²) in [6.07, 6.45) is 4.70. The molecule has 1 atom stereocenters. The second-order valence-electron chi connectivity index (χ2n) is 4.53. The largest absolute Gasteiger partial charge is 0.361 e. The van der Waals surface area contributed by atoms with Gasteiger partial charge in [-0.15, -0.1) is 11.6 Å². The second-order valence-corrected chi connectivity index (χ2v) is 4.91. The third-order valence-electron chi connectivity index (χ3n) is 3.30. The normalized spacial score (nSPS) is 20.6. The van der Waals surface area contributed by atoms with Crippen LogP contribution < -0.4 is 0 Å². The van der Waals surface area contributed by atoms with Gasteiger partial charge in [0.25, 0.3) is 5.91 Å². The van der Waals surface area contributed by atoms with Crippen LogP contribution in [0.5, 0.6) is 0 Å². The van der Waals surface area contributed by atoms with Gasteiger partial charge >= 0.3 is 0 Å². The highest BCUT2D eigenvalue weighted by Crippen LogP contribution is 2.22. The van der Waals surface area contributed by atoms with Crippen molar-refractivity contribution in [2.75, 3.05) is 19.0 Å². The van der Waals surface area contributed by atoms with Gasteiger partial charge in [0.2, 0.25) is 0 Å². The number of aryl methyl sites for hydroxylation is 1. The molecule has 1 aromatic rings. The van der Waals surface area contributed by atoms with Gasteiger partial charge in [0.05, 0.1) is 6.20 Å². The van der Waals surface area contributed by atoms with Crippen molar-refractivity contribution in [1.82, 2.24) is 10.1 Å². The summed E-state index contributed by atoms with van der Waals surface area (Å²) in [5.41, 5.74) is 0.580. The Bertz CT molecular complexity index is 390. The van der Waals surface area contributed by atoms with E-state index in [4.69, 9.17) is 16.1 Å². The van der Waals surface area contributed by atoms with Crippen LogP contribution in [0.2, 0.25) is 0 Å². The maximum atomic E-state index is 12.2. The van der Waals surface area contributed by atoms with Crippen LogP contribution in [0.15, 0.2) is 10.7 Å². The zero-order chi connectivity index (χ0) is 12.3. The minimum Gasteiger partial charge on any atom is -0.361 e. The molecular formula is C12H17ClN2O2. The van der Waals surface area contributed by atoms with E-state index in [1.54, 1.807) is 6.92 Å². The number of piperidine rings is 1. The van der Waals surface area contributed by atoms with Gasteiger partial charge in [-0.3, -0.25) is 4.79 Å². The molecule has 2 rings (SSSR count). The van der Waals surface area contributed by atoms with Gasteiger partial charge in [-0.2, -0.15) is 0 Å². The van der Waals surface area contributed by atoms with E-state index in [1.165, 1.54) is 12.6 Å². The van der Waals surface area contributed by atoms with Gasteiger partial charge in [-0.05, 0) is 32.1 Å². The molecule has 2 heterocycles. The van der Waals surface area contributed by atoms with Crippen LogP contribution in [0, 0.1) is 12.8 Å². The van der Waals surface area contributed by atoms with E-state index in [-0.39, 0.29) is 5.91 Å². The van der Waals surface area contributed by atoms with Gasteiger partial charge < -0.3 is 9.42 Å². The van der Waals surface area contributed by atoms with Crippen LogP contribution in [-0.4, -0.2) is 34.9 Å². The zero-order valence-corrected chi connectivity index (χ0v) is 10.7. The van der Waals surface area contributed by atoms with Crippen molar-refractivity contribution in [3.8, 4) is 0 Å². The van der Waals surface area contributed by atoms with E-state index in [2.05, 4.69) is 5.16 Å². The average Bonchev–Trinajstić information content (AvgIpc) is 2.75. The van der Waals surface area contributed by atoms with Crippen LogP contribution in [0.25, 0.3) is 0 Å². The predicted octanol–water partition coefficient (Wildman–Crippen LogP) is 2.46. The van der Waals surface area contributed by atoms with E-state index in [1.807, 2.05) is 4.90 Å². The van der Waals surface area contributed by atoms with Gasteiger partial charge in [-0.1, -0.05) is 5.16 Å². The van der Waals surface area contributed by atoms with Crippen LogP contribution in [0.3, 0.4) is 0 Å². The average molecular weight is 257 g/mol. The third kappa shape index (κ3) is 2.80. The molecule has 0 saturated carbocycles. The summed E-state index contributed by atoms with van der Waals surface area (Å²) in [7, 11) is 0. The molecule has 0 bridgehead atoms. The zero-order valence-electron chi connectivity index (χ0n) is 9.99. The summed E-state index contributed by atoms with van der Waals surface area (Å²) >= 11 is 5.76. The summed E-state index contributed by atoms with van der Waals surface area (Å²) in [4.78, 5) is 14.1. The van der Waals surface area contributed by atoms with Crippen LogP contribution >= 0.6 is 11.6 Å². The Morgan fingerprint density at radius 1 is 1.71 bits per heavy atom. The first-order chi connectivity index (χ1) is 8.22. The molecular weight excluding hydrogens is 240 g/mol. The van der Waals surface area contributed by atoms with Crippen molar-refractivity contribution in [2.24, 2.45) is 5.92 Å². The summed E-state index contributed by atoms with van der Waals surface area (Å²) < 4.78 is 4.93. The number of alkyl halides is 1. The molecule has 0 N–H and O–H groups in total. The number of aromatic nitrogens is 1. The lowest BCUT2D eigenvalue weighted by Crippen LogP contribution is -2.40. The Labute approximate surface area is 106 Å². The number of halogens is 1. The van der Waals surface area contributed by atoms with Gasteiger partial charge in [0.1, 0.15) is 11.3 Å². The number of nitrogens with zero attached hydrogens (tertiary/aromatic N) is 2. The number of hydrogen-bond donors (Lipinski definition) is 0. The molecule has 4 nitrogen and oxygen atoms in total. The standard InChI is InChI=1S/C12H17ClN2O2/c1-9-11(7-14-17-9)12(16)15-6-2-3-10(8-15)4-5-13/h7,10H,2-6,8H2,1H3. The van der Waals surface area contributed by atoms with Crippen LogP contribution in [0.4, 0.5) is 0 Å². The maximum Gasteiger partial charge on any atom is 0.259 e. The molecule has 1 aromatic heterocycles. The second kappa shape index (κ2) is 5.54. The number of hydrogen-bond acceptors (Lipinski definition) is 3. The van der Waals surface area contributed by atoms with E-state index >= 15 is 0 Å². The fourth-order valence-corrected chi connectivity index (χ4v) is 2.62. The van der Waals surface area contributed by atoms with Crippen LogP contribution in [0.1, 0.15) is 35.4 Å². The minimum atomic E-state index is 0.0306. The van der Waals surface area contributed by atoms with E-state index in [9.17, 15) is 4.79 Å². The first-order valence-electron chi connectivity index (χ1n) is 5.99. The van der Waals surface area contributed by atoms with Crippen molar-refractivity contribution < 1.29 is 9.32 Å². The lowest BCUT2D eigenvalue weighted by atomic mass is 9.95. The van der Waals surface area contributed by atoms with Gasteiger partial charge in [0, 0.05) is 19.0 Å². The molecule has 5 heteroatoms. The molecule has 94 valence electrons. The first-order valence-corrected chi connectivity index (χ1v) is 6.52. The Hall–Kier alpha value is -1.03. The highest BCUT2D eigenvalue weighted by Gasteiger charge is 2.26.